The number of hydrogen-bond acceptors (Lipinski definition) is 4. The van der Waals surface area contributed by atoms with Crippen molar-refractivity contribution < 1.29 is 41.0 Å². The van der Waals surface area contributed by atoms with Crippen molar-refractivity contribution in [1.29, 1.82) is 0 Å². The summed E-state index contributed by atoms with van der Waals surface area (Å²) in [6.45, 7) is 1.75. The summed E-state index contributed by atoms with van der Waals surface area (Å²) in [4.78, 5) is 13.8. The molecule has 1 aromatic rings. The third-order valence-electron chi connectivity index (χ3n) is 4.19. The van der Waals surface area contributed by atoms with Gasteiger partial charge in [-0.1, -0.05) is 0 Å². The first-order valence-electron chi connectivity index (χ1n) is 9.08. The number of carbonyl (C=O) groups is 1. The Morgan fingerprint density at radius 3 is 2.28 bits per heavy atom. The minimum absolute atomic E-state index is 0.0349. The first kappa shape index (κ1) is 23.2. The minimum atomic E-state index is -4.45. The molecule has 0 aliphatic carbocycles. The summed E-state index contributed by atoms with van der Waals surface area (Å²) < 4.78 is 78.2. The van der Waals surface area contributed by atoms with Crippen molar-refractivity contribution in [2.24, 2.45) is 0 Å². The van der Waals surface area contributed by atoms with Crippen molar-refractivity contribution in [3.05, 3.63) is 29.8 Å². The second kappa shape index (κ2) is 9.15. The van der Waals surface area contributed by atoms with E-state index in [1.54, 1.807) is 20.8 Å². The van der Waals surface area contributed by atoms with Gasteiger partial charge in [-0.2, -0.15) is 22.0 Å². The summed E-state index contributed by atoms with van der Waals surface area (Å²) in [6, 6.07) is 3.59. The average Bonchev–Trinajstić information content (AvgIpc) is 2.58. The Labute approximate surface area is 165 Å². The van der Waals surface area contributed by atoms with E-state index in [0.717, 1.165) is 12.1 Å². The van der Waals surface area contributed by atoms with Crippen LogP contribution in [-0.2, 0) is 15.7 Å². The van der Waals surface area contributed by atoms with Crippen molar-refractivity contribution in [1.82, 2.24) is 4.90 Å². The Hall–Kier alpha value is -2.10. The number of ether oxygens (including phenoxy) is 3. The van der Waals surface area contributed by atoms with Gasteiger partial charge in [0.1, 0.15) is 17.5 Å². The molecular weight excluding hydrogens is 401 g/mol. The summed E-state index contributed by atoms with van der Waals surface area (Å²) >= 11 is 0. The van der Waals surface area contributed by atoms with Gasteiger partial charge in [-0.05, 0) is 57.9 Å². The predicted octanol–water partition coefficient (Wildman–Crippen LogP) is 5.09. The third-order valence-corrected chi connectivity index (χ3v) is 4.19. The molecule has 1 fully saturated rings. The second-order valence-electron chi connectivity index (χ2n) is 7.72. The lowest BCUT2D eigenvalue weighted by atomic mass is 10.0. The van der Waals surface area contributed by atoms with Crippen molar-refractivity contribution in [2.45, 2.75) is 64.1 Å². The van der Waals surface area contributed by atoms with Crippen LogP contribution in [0.25, 0.3) is 0 Å². The van der Waals surface area contributed by atoms with Crippen LogP contribution in [0.15, 0.2) is 24.3 Å². The number of benzene rings is 1. The molecule has 0 bridgehead atoms. The van der Waals surface area contributed by atoms with Crippen molar-refractivity contribution >= 4 is 6.09 Å². The van der Waals surface area contributed by atoms with E-state index in [1.165, 1.54) is 17.0 Å². The van der Waals surface area contributed by atoms with Gasteiger partial charge < -0.3 is 14.2 Å². The van der Waals surface area contributed by atoms with Crippen LogP contribution in [0, 0.1) is 0 Å². The van der Waals surface area contributed by atoms with E-state index < -0.39 is 42.2 Å². The number of carbonyl (C=O) groups excluding carboxylic acids is 1. The van der Waals surface area contributed by atoms with E-state index in [2.05, 4.69) is 4.74 Å². The molecule has 29 heavy (non-hydrogen) atoms. The Kier molecular flexibility index (Phi) is 7.31. The van der Waals surface area contributed by atoms with Gasteiger partial charge in [-0.25, -0.2) is 4.79 Å². The topological polar surface area (TPSA) is 48.0 Å². The zero-order chi connectivity index (χ0) is 21.8. The maximum Gasteiger partial charge on any atom is 0.416 e. The van der Waals surface area contributed by atoms with Crippen LogP contribution >= 0.6 is 0 Å². The molecule has 1 aromatic carbocycles. The molecule has 5 nitrogen and oxygen atoms in total. The number of nitrogens with zero attached hydrogens (tertiary/aromatic N) is 1. The highest BCUT2D eigenvalue weighted by atomic mass is 19.4. The van der Waals surface area contributed by atoms with E-state index in [4.69, 9.17) is 9.47 Å². The summed E-state index contributed by atoms with van der Waals surface area (Å²) in [6.07, 6.45) is -4.94. The summed E-state index contributed by atoms with van der Waals surface area (Å²) in [7, 11) is 0. The van der Waals surface area contributed by atoms with E-state index in [9.17, 15) is 26.7 Å². The maximum absolute atomic E-state index is 12.7. The van der Waals surface area contributed by atoms with Gasteiger partial charge in [0.25, 0.3) is 0 Å². The molecule has 1 aliphatic heterocycles. The van der Waals surface area contributed by atoms with E-state index in [1.807, 2.05) is 0 Å². The number of likely N-dealkylation sites (tertiary alicyclic amines) is 1. The van der Waals surface area contributed by atoms with Crippen LogP contribution in [0.4, 0.5) is 26.7 Å². The van der Waals surface area contributed by atoms with Crippen LogP contribution in [-0.4, -0.2) is 48.5 Å². The largest absolute Gasteiger partial charge is 0.489 e. The van der Waals surface area contributed by atoms with Crippen molar-refractivity contribution in [3.63, 3.8) is 0 Å². The van der Waals surface area contributed by atoms with Gasteiger partial charge >= 0.3 is 18.9 Å². The fourth-order valence-corrected chi connectivity index (χ4v) is 2.91. The molecule has 1 heterocycles. The predicted molar refractivity (Wildman–Crippen MR) is 93.8 cm³/mol. The molecule has 0 spiro atoms. The lowest BCUT2D eigenvalue weighted by Crippen LogP contribution is -2.53. The zero-order valence-corrected chi connectivity index (χ0v) is 16.3. The molecule has 1 aliphatic rings. The van der Waals surface area contributed by atoms with Crippen molar-refractivity contribution in [2.75, 3.05) is 13.2 Å². The number of hydrogen-bond donors (Lipinski definition) is 0. The molecule has 164 valence electrons. The highest BCUT2D eigenvalue weighted by Gasteiger charge is 2.36. The lowest BCUT2D eigenvalue weighted by Gasteiger charge is -2.39. The van der Waals surface area contributed by atoms with Crippen LogP contribution in [0.2, 0.25) is 0 Å². The quantitative estimate of drug-likeness (QED) is 0.617. The third kappa shape index (κ3) is 7.34. The highest BCUT2D eigenvalue weighted by Crippen LogP contribution is 2.31. The molecule has 10 heteroatoms. The van der Waals surface area contributed by atoms with Crippen LogP contribution in [0.1, 0.15) is 39.2 Å². The molecule has 2 rings (SSSR count). The number of alkyl halides is 5. The van der Waals surface area contributed by atoms with Gasteiger partial charge in [-0.3, -0.25) is 4.90 Å². The average molecular weight is 425 g/mol. The molecule has 2 atom stereocenters. The van der Waals surface area contributed by atoms with Crippen LogP contribution in [0.3, 0.4) is 0 Å². The molecule has 1 saturated heterocycles. The Morgan fingerprint density at radius 1 is 1.14 bits per heavy atom. The minimum Gasteiger partial charge on any atom is -0.489 e. The fraction of sp³-hybridized carbons (Fsp3) is 0.632. The molecule has 0 saturated carbocycles. The Bertz CT molecular complexity index is 673. The number of amides is 1. The maximum atomic E-state index is 12.7. The van der Waals surface area contributed by atoms with E-state index >= 15 is 0 Å². The summed E-state index contributed by atoms with van der Waals surface area (Å²) in [5, 5.41) is 0. The van der Waals surface area contributed by atoms with Gasteiger partial charge in [-0.15, -0.1) is 0 Å². The highest BCUT2D eigenvalue weighted by molar-refractivity contribution is 5.68. The normalized spacial score (nSPS) is 20.7. The Balaban J connectivity index is 2.06. The van der Waals surface area contributed by atoms with E-state index in [0.29, 0.717) is 12.8 Å². The van der Waals surface area contributed by atoms with Gasteiger partial charge in [0.15, 0.2) is 0 Å². The number of rotatable bonds is 5. The van der Waals surface area contributed by atoms with E-state index in [-0.39, 0.29) is 18.9 Å². The van der Waals surface area contributed by atoms with Crippen LogP contribution in [0.5, 0.6) is 5.75 Å². The fourth-order valence-electron chi connectivity index (χ4n) is 2.91. The molecule has 0 aromatic heterocycles. The second-order valence-corrected chi connectivity index (χ2v) is 7.72. The SMILES string of the molecule is CC(C)(C)OC(=O)N1C[C@@H](Oc2ccc(C(F)(F)F)cc2)CC[C@H]1COC(F)F. The smallest absolute Gasteiger partial charge is 0.416 e. The van der Waals surface area contributed by atoms with Crippen LogP contribution < -0.4 is 4.74 Å². The lowest BCUT2D eigenvalue weighted by molar-refractivity contribution is -0.145. The Morgan fingerprint density at radius 2 is 1.76 bits per heavy atom. The van der Waals surface area contributed by atoms with Crippen molar-refractivity contribution in [3.8, 4) is 5.75 Å². The first-order chi connectivity index (χ1) is 13.3. The van der Waals surface area contributed by atoms with Gasteiger partial charge in [0.2, 0.25) is 0 Å². The first-order valence-corrected chi connectivity index (χ1v) is 9.08. The molecule has 0 radical (unpaired) electrons. The van der Waals surface area contributed by atoms with Gasteiger partial charge in [0.05, 0.1) is 24.8 Å². The number of piperidine rings is 1. The molecule has 1 amide bonds. The molecule has 0 unspecified atom stereocenters. The van der Waals surface area contributed by atoms with Gasteiger partial charge in [0, 0.05) is 0 Å². The molecule has 0 N–H and O–H groups in total. The zero-order valence-electron chi connectivity index (χ0n) is 16.3. The molecular formula is C19H24F5NO4. The number of halogens is 5. The summed E-state index contributed by atoms with van der Waals surface area (Å²) in [5.41, 5.74) is -1.58. The summed E-state index contributed by atoms with van der Waals surface area (Å²) in [5.74, 6) is 0.217. The standard InChI is InChI=1S/C19H24F5NO4/c1-18(2,3)29-17(26)25-10-15(9-6-13(25)11-27-16(20)21)28-14-7-4-12(5-8-14)19(22,23)24/h4-5,7-8,13,15-16H,6,9-11H2,1-3H3/t13-,15-/m0/s1. The monoisotopic (exact) mass is 425 g/mol.